The molecule has 0 bridgehead atoms. The number of piperidine rings is 1. The van der Waals surface area contributed by atoms with E-state index in [4.69, 9.17) is 9.47 Å². The molecule has 1 atom stereocenters. The van der Waals surface area contributed by atoms with Crippen LogP contribution in [0.25, 0.3) is 0 Å². The van der Waals surface area contributed by atoms with Crippen molar-refractivity contribution in [2.75, 3.05) is 33.9 Å². The Morgan fingerprint density at radius 3 is 2.95 bits per heavy atom. The molecule has 0 aliphatic carbocycles. The van der Waals surface area contributed by atoms with Gasteiger partial charge in [-0.25, -0.2) is 4.79 Å². The van der Waals surface area contributed by atoms with Crippen molar-refractivity contribution in [2.24, 2.45) is 5.92 Å². The zero-order valence-electron chi connectivity index (χ0n) is 11.6. The van der Waals surface area contributed by atoms with Crippen molar-refractivity contribution in [1.82, 2.24) is 4.90 Å². The fourth-order valence-corrected chi connectivity index (χ4v) is 2.49. The van der Waals surface area contributed by atoms with Crippen LogP contribution >= 0.6 is 0 Å². The molecule has 1 aliphatic rings. The van der Waals surface area contributed by atoms with E-state index >= 15 is 0 Å². The number of para-hydroxylation sites is 1. The van der Waals surface area contributed by atoms with E-state index in [1.54, 1.807) is 6.07 Å². The summed E-state index contributed by atoms with van der Waals surface area (Å²) in [7, 11) is 3.52. The number of ether oxygens (including phenoxy) is 2. The van der Waals surface area contributed by atoms with Gasteiger partial charge in [0, 0.05) is 12.5 Å². The lowest BCUT2D eigenvalue weighted by atomic mass is 9.99. The van der Waals surface area contributed by atoms with Crippen LogP contribution < -0.4 is 4.74 Å². The molecule has 104 valence electrons. The molecule has 0 amide bonds. The van der Waals surface area contributed by atoms with E-state index in [1.807, 2.05) is 18.2 Å². The third-order valence-corrected chi connectivity index (χ3v) is 3.49. The van der Waals surface area contributed by atoms with Crippen LogP contribution in [0.5, 0.6) is 5.75 Å². The molecule has 0 radical (unpaired) electrons. The van der Waals surface area contributed by atoms with Gasteiger partial charge in [0.25, 0.3) is 0 Å². The average Bonchev–Trinajstić information content (AvgIpc) is 2.45. The third-order valence-electron chi connectivity index (χ3n) is 3.49. The summed E-state index contributed by atoms with van der Waals surface area (Å²) < 4.78 is 10.6. The molecule has 0 aromatic heterocycles. The van der Waals surface area contributed by atoms with Crippen molar-refractivity contribution in [3.05, 3.63) is 29.8 Å². The van der Waals surface area contributed by atoms with Crippen LogP contribution in [-0.2, 0) is 4.74 Å². The van der Waals surface area contributed by atoms with Crippen molar-refractivity contribution in [1.29, 1.82) is 0 Å². The molecular weight excluding hydrogens is 242 g/mol. The zero-order chi connectivity index (χ0) is 13.7. The van der Waals surface area contributed by atoms with Gasteiger partial charge in [0.05, 0.1) is 13.7 Å². The lowest BCUT2D eigenvalue weighted by Gasteiger charge is -2.29. The minimum Gasteiger partial charge on any atom is -0.492 e. The molecule has 1 unspecified atom stereocenters. The van der Waals surface area contributed by atoms with Gasteiger partial charge in [-0.2, -0.15) is 0 Å². The number of hydrogen-bond acceptors (Lipinski definition) is 4. The number of nitrogens with zero attached hydrogens (tertiary/aromatic N) is 1. The van der Waals surface area contributed by atoms with Crippen LogP contribution in [0.1, 0.15) is 23.2 Å². The number of carbonyl (C=O) groups excluding carboxylic acids is 1. The topological polar surface area (TPSA) is 38.8 Å². The zero-order valence-corrected chi connectivity index (χ0v) is 11.6. The normalized spacial score (nSPS) is 20.0. The van der Waals surface area contributed by atoms with Gasteiger partial charge in [-0.3, -0.25) is 0 Å². The molecule has 1 heterocycles. The van der Waals surface area contributed by atoms with Crippen LogP contribution in [0.2, 0.25) is 0 Å². The van der Waals surface area contributed by atoms with Gasteiger partial charge in [0.1, 0.15) is 11.3 Å². The Balaban J connectivity index is 1.97. The van der Waals surface area contributed by atoms with Crippen molar-refractivity contribution in [2.45, 2.75) is 12.8 Å². The monoisotopic (exact) mass is 263 g/mol. The second-order valence-corrected chi connectivity index (χ2v) is 5.07. The Bertz CT molecular complexity index is 433. The maximum Gasteiger partial charge on any atom is 0.341 e. The highest BCUT2D eigenvalue weighted by molar-refractivity contribution is 5.92. The number of esters is 1. The first kappa shape index (κ1) is 13.9. The van der Waals surface area contributed by atoms with Crippen molar-refractivity contribution in [3.8, 4) is 5.75 Å². The largest absolute Gasteiger partial charge is 0.492 e. The van der Waals surface area contributed by atoms with Crippen molar-refractivity contribution >= 4 is 5.97 Å². The maximum absolute atomic E-state index is 11.6. The van der Waals surface area contributed by atoms with Gasteiger partial charge < -0.3 is 14.4 Å². The van der Waals surface area contributed by atoms with E-state index in [1.165, 1.54) is 20.0 Å². The smallest absolute Gasteiger partial charge is 0.341 e. The maximum atomic E-state index is 11.6. The quantitative estimate of drug-likeness (QED) is 0.781. The summed E-state index contributed by atoms with van der Waals surface area (Å²) in [6, 6.07) is 7.23. The molecule has 1 aliphatic heterocycles. The summed E-state index contributed by atoms with van der Waals surface area (Å²) >= 11 is 0. The summed E-state index contributed by atoms with van der Waals surface area (Å²) in [6.45, 7) is 2.87. The molecule has 1 aromatic carbocycles. The standard InChI is InChI=1S/C15H21NO3/c1-16-9-5-6-12(10-16)11-19-14-8-4-3-7-13(14)15(17)18-2/h3-4,7-8,12H,5-6,9-11H2,1-2H3. The molecule has 4 heteroatoms. The van der Waals surface area contributed by atoms with E-state index in [2.05, 4.69) is 11.9 Å². The van der Waals surface area contributed by atoms with E-state index in [-0.39, 0.29) is 5.97 Å². The Hall–Kier alpha value is -1.55. The summed E-state index contributed by atoms with van der Waals surface area (Å²) in [5.74, 6) is 0.795. The fourth-order valence-electron chi connectivity index (χ4n) is 2.49. The SMILES string of the molecule is COC(=O)c1ccccc1OCC1CCCN(C)C1. The predicted molar refractivity (Wildman–Crippen MR) is 73.5 cm³/mol. The molecular formula is C15H21NO3. The highest BCUT2D eigenvalue weighted by Gasteiger charge is 2.19. The molecule has 1 fully saturated rings. The number of likely N-dealkylation sites (tertiary alicyclic amines) is 1. The van der Waals surface area contributed by atoms with Crippen molar-refractivity contribution in [3.63, 3.8) is 0 Å². The van der Waals surface area contributed by atoms with E-state index in [0.717, 1.165) is 13.1 Å². The number of hydrogen-bond donors (Lipinski definition) is 0. The number of methoxy groups -OCH3 is 1. The van der Waals surface area contributed by atoms with Crippen LogP contribution in [0, 0.1) is 5.92 Å². The second kappa shape index (κ2) is 6.57. The van der Waals surface area contributed by atoms with Gasteiger partial charge in [-0.1, -0.05) is 12.1 Å². The predicted octanol–water partition coefficient (Wildman–Crippen LogP) is 2.19. The van der Waals surface area contributed by atoms with Gasteiger partial charge in [-0.05, 0) is 38.6 Å². The van der Waals surface area contributed by atoms with Crippen LogP contribution in [0.3, 0.4) is 0 Å². The highest BCUT2D eigenvalue weighted by atomic mass is 16.5. The second-order valence-electron chi connectivity index (χ2n) is 5.07. The molecule has 0 N–H and O–H groups in total. The summed E-state index contributed by atoms with van der Waals surface area (Å²) in [4.78, 5) is 14.0. The lowest BCUT2D eigenvalue weighted by molar-refractivity contribution is 0.0593. The molecule has 0 spiro atoms. The fraction of sp³-hybridized carbons (Fsp3) is 0.533. The Morgan fingerprint density at radius 1 is 1.42 bits per heavy atom. The van der Waals surface area contributed by atoms with E-state index in [0.29, 0.717) is 23.8 Å². The Labute approximate surface area is 114 Å². The summed E-state index contributed by atoms with van der Waals surface area (Å²) in [6.07, 6.45) is 2.40. The average molecular weight is 263 g/mol. The molecule has 2 rings (SSSR count). The molecule has 19 heavy (non-hydrogen) atoms. The molecule has 0 saturated carbocycles. The minimum atomic E-state index is -0.351. The molecule has 4 nitrogen and oxygen atoms in total. The first-order valence-corrected chi connectivity index (χ1v) is 6.69. The highest BCUT2D eigenvalue weighted by Crippen LogP contribution is 2.21. The van der Waals surface area contributed by atoms with E-state index in [9.17, 15) is 4.79 Å². The summed E-state index contributed by atoms with van der Waals surface area (Å²) in [5.41, 5.74) is 0.495. The first-order valence-electron chi connectivity index (χ1n) is 6.69. The number of carbonyl (C=O) groups is 1. The summed E-state index contributed by atoms with van der Waals surface area (Å²) in [5, 5.41) is 0. The van der Waals surface area contributed by atoms with Crippen LogP contribution in [-0.4, -0.2) is 44.7 Å². The van der Waals surface area contributed by atoms with Gasteiger partial charge >= 0.3 is 5.97 Å². The minimum absolute atomic E-state index is 0.351. The first-order chi connectivity index (χ1) is 9.20. The van der Waals surface area contributed by atoms with Gasteiger partial charge in [0.2, 0.25) is 0 Å². The molecule has 1 saturated heterocycles. The number of rotatable bonds is 4. The Kier molecular flexibility index (Phi) is 4.80. The third kappa shape index (κ3) is 3.70. The van der Waals surface area contributed by atoms with Gasteiger partial charge in [-0.15, -0.1) is 0 Å². The molecule has 1 aromatic rings. The lowest BCUT2D eigenvalue weighted by Crippen LogP contribution is -2.34. The van der Waals surface area contributed by atoms with Crippen LogP contribution in [0.4, 0.5) is 0 Å². The number of benzene rings is 1. The Morgan fingerprint density at radius 2 is 2.21 bits per heavy atom. The van der Waals surface area contributed by atoms with Gasteiger partial charge in [0.15, 0.2) is 0 Å². The van der Waals surface area contributed by atoms with Crippen LogP contribution in [0.15, 0.2) is 24.3 Å². The van der Waals surface area contributed by atoms with E-state index < -0.39 is 0 Å². The van der Waals surface area contributed by atoms with Crippen molar-refractivity contribution < 1.29 is 14.3 Å².